The van der Waals surface area contributed by atoms with Gasteiger partial charge in [0.15, 0.2) is 0 Å². The predicted molar refractivity (Wildman–Crippen MR) is 324 cm³/mol. The van der Waals surface area contributed by atoms with Gasteiger partial charge in [0.2, 0.25) is 5.91 Å². The Labute approximate surface area is 464 Å². The number of hydrogen-bond donors (Lipinski definition) is 3. The maximum Gasteiger partial charge on any atom is 0.305 e. The lowest BCUT2D eigenvalue weighted by Gasteiger charge is -2.22. The van der Waals surface area contributed by atoms with E-state index in [-0.39, 0.29) is 18.5 Å². The van der Waals surface area contributed by atoms with Gasteiger partial charge in [-0.1, -0.05) is 361 Å². The molecule has 0 rings (SSSR count). The molecule has 0 saturated heterocycles. The fourth-order valence-electron chi connectivity index (χ4n) is 11.2. The Morgan fingerprint density at radius 3 is 0.824 bits per heavy atom. The second-order valence-electron chi connectivity index (χ2n) is 23.9. The lowest BCUT2D eigenvalue weighted by Crippen LogP contribution is -2.45. The van der Waals surface area contributed by atoms with Crippen LogP contribution in [0.2, 0.25) is 0 Å². The van der Waals surface area contributed by atoms with E-state index in [1.54, 1.807) is 0 Å². The molecule has 74 heavy (non-hydrogen) atoms. The van der Waals surface area contributed by atoms with Gasteiger partial charge in [-0.15, -0.1) is 0 Å². The highest BCUT2D eigenvalue weighted by Crippen LogP contribution is 2.19. The monoisotopic (exact) mass is 1050 g/mol. The Hall–Kier alpha value is -1.14. The van der Waals surface area contributed by atoms with Crippen molar-refractivity contribution in [3.05, 3.63) is 0 Å². The van der Waals surface area contributed by atoms with Gasteiger partial charge in [0.1, 0.15) is 0 Å². The third-order valence-corrected chi connectivity index (χ3v) is 16.4. The summed E-state index contributed by atoms with van der Waals surface area (Å²) in [5.74, 6) is -0.00459. The summed E-state index contributed by atoms with van der Waals surface area (Å²) in [5, 5.41) is 23.3. The second-order valence-corrected chi connectivity index (χ2v) is 23.9. The van der Waals surface area contributed by atoms with E-state index in [9.17, 15) is 19.8 Å². The Bertz CT molecular complexity index is 1070. The molecular weight excluding hydrogens is 911 g/mol. The van der Waals surface area contributed by atoms with E-state index in [2.05, 4.69) is 19.2 Å². The molecule has 0 bridgehead atoms. The molecule has 6 heteroatoms. The molecule has 0 fully saturated rings. The van der Waals surface area contributed by atoms with Crippen molar-refractivity contribution in [2.45, 2.75) is 411 Å². The summed E-state index contributed by atoms with van der Waals surface area (Å²) in [4.78, 5) is 24.5. The number of carbonyl (C=O) groups excluding carboxylic acids is 2. The SMILES string of the molecule is CCCCCCCCCCCCCCCC(=O)OCCCCCCCCCCCCCCCCCCCCCCCCCCCCCCCCCCC(=O)NC(CO)C(O)CCCCCCCCCCCCCC. The fraction of sp³-hybridized carbons (Fsp3) is 0.971. The number of aliphatic hydroxyl groups excluding tert-OH is 2. The highest BCUT2D eigenvalue weighted by molar-refractivity contribution is 5.76. The summed E-state index contributed by atoms with van der Waals surface area (Å²) >= 11 is 0. The first-order valence-electron chi connectivity index (χ1n) is 34.3. The van der Waals surface area contributed by atoms with E-state index in [4.69, 9.17) is 4.74 Å². The molecule has 0 saturated carbocycles. The number of aliphatic hydroxyl groups is 2. The zero-order valence-corrected chi connectivity index (χ0v) is 50.6. The predicted octanol–water partition coefficient (Wildman–Crippen LogP) is 21.8. The first-order chi connectivity index (χ1) is 36.5. The molecule has 1 amide bonds. The van der Waals surface area contributed by atoms with Gasteiger partial charge in [-0.2, -0.15) is 0 Å². The fourth-order valence-corrected chi connectivity index (χ4v) is 11.2. The molecule has 2 atom stereocenters. The van der Waals surface area contributed by atoms with Crippen molar-refractivity contribution in [3.63, 3.8) is 0 Å². The normalized spacial score (nSPS) is 12.4. The van der Waals surface area contributed by atoms with Gasteiger partial charge in [-0.05, 0) is 25.7 Å². The molecule has 442 valence electrons. The van der Waals surface area contributed by atoms with Crippen LogP contribution in [0.1, 0.15) is 399 Å². The molecule has 3 N–H and O–H groups in total. The van der Waals surface area contributed by atoms with Crippen molar-refractivity contribution in [1.29, 1.82) is 0 Å². The van der Waals surface area contributed by atoms with Crippen LogP contribution in [0.4, 0.5) is 0 Å². The van der Waals surface area contributed by atoms with Crippen LogP contribution in [0.5, 0.6) is 0 Å². The average molecular weight is 1050 g/mol. The van der Waals surface area contributed by atoms with Crippen LogP contribution >= 0.6 is 0 Å². The van der Waals surface area contributed by atoms with Gasteiger partial charge in [-0.25, -0.2) is 0 Å². The standard InChI is InChI=1S/C68H135NO5/c1-3-5-7-9-11-13-15-37-42-46-50-54-58-62-68(73)74-63-59-55-51-47-43-39-36-34-32-30-28-26-24-22-20-18-17-19-21-23-25-27-29-31-33-35-38-41-45-49-53-57-61-67(72)69-65(64-70)66(71)60-56-52-48-44-40-16-14-12-10-8-6-4-2/h65-66,70-71H,3-64H2,1-2H3,(H,69,72). The lowest BCUT2D eigenvalue weighted by molar-refractivity contribution is -0.143. The minimum atomic E-state index is -0.658. The van der Waals surface area contributed by atoms with Gasteiger partial charge >= 0.3 is 5.97 Å². The molecule has 0 radical (unpaired) electrons. The molecule has 6 nitrogen and oxygen atoms in total. The molecule has 0 spiro atoms. The van der Waals surface area contributed by atoms with E-state index in [1.165, 1.54) is 327 Å². The van der Waals surface area contributed by atoms with E-state index in [1.807, 2.05) is 0 Å². The molecule has 0 aliphatic rings. The number of hydrogen-bond acceptors (Lipinski definition) is 5. The van der Waals surface area contributed by atoms with Crippen molar-refractivity contribution in [1.82, 2.24) is 5.32 Å². The van der Waals surface area contributed by atoms with E-state index >= 15 is 0 Å². The van der Waals surface area contributed by atoms with E-state index in [0.29, 0.717) is 25.9 Å². The molecule has 0 aromatic heterocycles. The van der Waals surface area contributed by atoms with Crippen LogP contribution in [0.15, 0.2) is 0 Å². The molecule has 0 aromatic carbocycles. The topological polar surface area (TPSA) is 95.9 Å². The first-order valence-corrected chi connectivity index (χ1v) is 34.3. The maximum atomic E-state index is 12.5. The molecular formula is C68H135NO5. The highest BCUT2D eigenvalue weighted by Gasteiger charge is 2.20. The van der Waals surface area contributed by atoms with Crippen LogP contribution in [-0.4, -0.2) is 47.4 Å². The van der Waals surface area contributed by atoms with Crippen molar-refractivity contribution < 1.29 is 24.5 Å². The van der Waals surface area contributed by atoms with Gasteiger partial charge < -0.3 is 20.3 Å². The quantitative estimate of drug-likeness (QED) is 0.0417. The lowest BCUT2D eigenvalue weighted by atomic mass is 10.0. The van der Waals surface area contributed by atoms with E-state index < -0.39 is 12.1 Å². The molecule has 0 aromatic rings. The number of esters is 1. The van der Waals surface area contributed by atoms with Crippen molar-refractivity contribution in [3.8, 4) is 0 Å². The zero-order chi connectivity index (χ0) is 53.6. The van der Waals surface area contributed by atoms with Crippen LogP contribution in [0.25, 0.3) is 0 Å². The second kappa shape index (κ2) is 64.4. The summed E-state index contributed by atoms with van der Waals surface area (Å²) in [5.41, 5.74) is 0. The highest BCUT2D eigenvalue weighted by atomic mass is 16.5. The number of amides is 1. The molecule has 0 heterocycles. The van der Waals surface area contributed by atoms with Crippen LogP contribution < -0.4 is 5.32 Å². The summed E-state index contributed by atoms with van der Waals surface area (Å²) in [6.07, 6.45) is 77.3. The third-order valence-electron chi connectivity index (χ3n) is 16.4. The van der Waals surface area contributed by atoms with Crippen molar-refractivity contribution >= 4 is 11.9 Å². The third kappa shape index (κ3) is 60.1. The van der Waals surface area contributed by atoms with Gasteiger partial charge in [-0.3, -0.25) is 9.59 Å². The number of carbonyl (C=O) groups is 2. The summed E-state index contributed by atoms with van der Waals surface area (Å²) in [7, 11) is 0. The van der Waals surface area contributed by atoms with Crippen LogP contribution in [-0.2, 0) is 14.3 Å². The van der Waals surface area contributed by atoms with Gasteiger partial charge in [0.25, 0.3) is 0 Å². The Morgan fingerprint density at radius 2 is 0.554 bits per heavy atom. The Balaban J connectivity index is 3.29. The summed E-state index contributed by atoms with van der Waals surface area (Å²) in [6, 6.07) is -0.535. The molecule has 2 unspecified atom stereocenters. The number of rotatable bonds is 65. The minimum absolute atomic E-state index is 0.0237. The molecule has 0 aliphatic heterocycles. The summed E-state index contributed by atoms with van der Waals surface area (Å²) < 4.78 is 5.49. The molecule has 0 aliphatic carbocycles. The smallest absolute Gasteiger partial charge is 0.305 e. The number of ether oxygens (including phenoxy) is 1. The van der Waals surface area contributed by atoms with Crippen molar-refractivity contribution in [2.75, 3.05) is 13.2 Å². The number of unbranched alkanes of at least 4 members (excludes halogenated alkanes) is 54. The Morgan fingerprint density at radius 1 is 0.324 bits per heavy atom. The first kappa shape index (κ1) is 72.9. The van der Waals surface area contributed by atoms with Crippen LogP contribution in [0, 0.1) is 0 Å². The minimum Gasteiger partial charge on any atom is -0.466 e. The van der Waals surface area contributed by atoms with Crippen molar-refractivity contribution in [2.24, 2.45) is 0 Å². The largest absolute Gasteiger partial charge is 0.466 e. The van der Waals surface area contributed by atoms with Crippen LogP contribution in [0.3, 0.4) is 0 Å². The van der Waals surface area contributed by atoms with Gasteiger partial charge in [0.05, 0.1) is 25.4 Å². The maximum absolute atomic E-state index is 12.5. The zero-order valence-electron chi connectivity index (χ0n) is 50.6. The summed E-state index contributed by atoms with van der Waals surface area (Å²) in [6.45, 7) is 4.99. The van der Waals surface area contributed by atoms with Gasteiger partial charge in [0, 0.05) is 12.8 Å². The average Bonchev–Trinajstić information content (AvgIpc) is 3.40. The van der Waals surface area contributed by atoms with E-state index in [0.717, 1.165) is 38.5 Å². The Kier molecular flexibility index (Phi) is 63.4. The number of nitrogens with one attached hydrogen (secondary N) is 1.